The second-order valence-corrected chi connectivity index (χ2v) is 4.50. The molecule has 1 aliphatic carbocycles. The Morgan fingerprint density at radius 3 is 2.19 bits per heavy atom. The lowest BCUT2D eigenvalue weighted by Gasteiger charge is -2.26. The minimum atomic E-state index is -0.745. The average Bonchev–Trinajstić information content (AvgIpc) is 2.50. The third-order valence-corrected chi connectivity index (χ3v) is 3.01. The first kappa shape index (κ1) is 16.7. The monoisotopic (exact) mass is 291 g/mol. The van der Waals surface area contributed by atoms with Gasteiger partial charge >= 0.3 is 6.09 Å². The highest BCUT2D eigenvalue weighted by Crippen LogP contribution is 2.26. The fourth-order valence-electron chi connectivity index (χ4n) is 1.68. The highest BCUT2D eigenvalue weighted by Gasteiger charge is 2.22. The Bertz CT molecular complexity index is 538. The molecular weight excluding hydrogens is 270 g/mol. The van der Waals surface area contributed by atoms with Gasteiger partial charge in [-0.05, 0) is 29.3 Å². The Hall–Kier alpha value is -2.31. The summed E-state index contributed by atoms with van der Waals surface area (Å²) in [6.07, 6.45) is 5.89. The van der Waals surface area contributed by atoms with Gasteiger partial charge in [-0.3, -0.25) is 5.73 Å². The molecule has 1 aliphatic rings. The largest absolute Gasteiger partial charge is 0.453 e. The maximum Gasteiger partial charge on any atom is 0.404 e. The van der Waals surface area contributed by atoms with E-state index in [4.69, 9.17) is 16.2 Å². The van der Waals surface area contributed by atoms with Crippen LogP contribution in [0.2, 0.25) is 0 Å². The van der Waals surface area contributed by atoms with Crippen molar-refractivity contribution in [1.29, 1.82) is 0 Å². The van der Waals surface area contributed by atoms with Crippen LogP contribution in [0.4, 0.5) is 10.5 Å². The van der Waals surface area contributed by atoms with E-state index in [1.165, 1.54) is 7.11 Å². The summed E-state index contributed by atoms with van der Waals surface area (Å²) in [4.78, 5) is 9.37. The maximum atomic E-state index is 9.37. The normalized spacial score (nSPS) is 20.0. The quantitative estimate of drug-likeness (QED) is 0.566. The van der Waals surface area contributed by atoms with Crippen molar-refractivity contribution >= 4 is 17.4 Å². The molecule has 21 heavy (non-hydrogen) atoms. The Morgan fingerprint density at radius 2 is 1.81 bits per heavy atom. The summed E-state index contributed by atoms with van der Waals surface area (Å²) in [7, 11) is 2.84. The molecular formula is C15H21N3O3. The molecule has 0 saturated carbocycles. The first-order valence-corrected chi connectivity index (χ1v) is 6.33. The predicted octanol–water partition coefficient (Wildman–Crippen LogP) is 1.62. The van der Waals surface area contributed by atoms with Crippen molar-refractivity contribution in [3.05, 3.63) is 48.1 Å². The molecule has 0 radical (unpaired) electrons. The van der Waals surface area contributed by atoms with Gasteiger partial charge in [-0.2, -0.15) is 0 Å². The zero-order chi connectivity index (χ0) is 15.9. The summed E-state index contributed by atoms with van der Waals surface area (Å²) in [5.74, 6) is 0. The van der Waals surface area contributed by atoms with Crippen LogP contribution >= 0.6 is 0 Å². The average molecular weight is 291 g/mol. The van der Waals surface area contributed by atoms with Gasteiger partial charge in [-0.15, -0.1) is 0 Å². The number of rotatable bonds is 2. The number of nitrogen functional groups attached to an aromatic ring is 1. The standard InChI is InChI=1S/C13H16N2O.C2H5NO2/c1-16-13(15)8-6-11(7-9-13)10-2-4-12(14)5-3-10;1-5-2(3)4/h2-8H,9,14-15H2,1H3;1H3,(H2,3,4). The van der Waals surface area contributed by atoms with Gasteiger partial charge in [0, 0.05) is 19.2 Å². The first-order valence-electron chi connectivity index (χ1n) is 6.33. The molecule has 6 N–H and O–H groups in total. The molecule has 1 aromatic rings. The van der Waals surface area contributed by atoms with E-state index in [0.29, 0.717) is 6.42 Å². The zero-order valence-electron chi connectivity index (χ0n) is 12.2. The first-order chi connectivity index (χ1) is 9.90. The molecule has 1 atom stereocenters. The van der Waals surface area contributed by atoms with Crippen LogP contribution in [0, 0.1) is 0 Å². The number of primary amides is 1. The summed E-state index contributed by atoms with van der Waals surface area (Å²) < 4.78 is 9.10. The lowest BCUT2D eigenvalue weighted by Crippen LogP contribution is -2.40. The van der Waals surface area contributed by atoms with Gasteiger partial charge in [0.2, 0.25) is 0 Å². The second-order valence-electron chi connectivity index (χ2n) is 4.50. The van der Waals surface area contributed by atoms with Crippen LogP contribution in [0.3, 0.4) is 0 Å². The summed E-state index contributed by atoms with van der Waals surface area (Å²) in [6, 6.07) is 7.79. The molecule has 2 rings (SSSR count). The smallest absolute Gasteiger partial charge is 0.404 e. The summed E-state index contributed by atoms with van der Waals surface area (Å²) >= 11 is 0. The number of nitrogens with two attached hydrogens (primary N) is 3. The Labute approximate surface area is 124 Å². The number of amides is 1. The third kappa shape index (κ3) is 5.29. The van der Waals surface area contributed by atoms with Crippen molar-refractivity contribution in [2.45, 2.75) is 12.1 Å². The van der Waals surface area contributed by atoms with Crippen molar-refractivity contribution in [2.24, 2.45) is 11.5 Å². The molecule has 6 heteroatoms. The fraction of sp³-hybridized carbons (Fsp3) is 0.267. The molecule has 0 bridgehead atoms. The van der Waals surface area contributed by atoms with Crippen LogP contribution in [0.25, 0.3) is 5.57 Å². The SMILES string of the molecule is COC(N)=O.COC1(N)C=CC(c2ccc(N)cc2)=CC1. The predicted molar refractivity (Wildman–Crippen MR) is 83.1 cm³/mol. The van der Waals surface area contributed by atoms with Crippen LogP contribution in [0.5, 0.6) is 0 Å². The van der Waals surface area contributed by atoms with Crippen LogP contribution < -0.4 is 17.2 Å². The van der Waals surface area contributed by atoms with E-state index in [1.807, 2.05) is 36.4 Å². The Kier molecular flexibility index (Phi) is 5.95. The van der Waals surface area contributed by atoms with Crippen LogP contribution in [-0.4, -0.2) is 26.0 Å². The Morgan fingerprint density at radius 1 is 1.24 bits per heavy atom. The number of hydrogen-bond acceptors (Lipinski definition) is 5. The minimum absolute atomic E-state index is 0.655. The van der Waals surface area contributed by atoms with Gasteiger partial charge in [0.1, 0.15) is 5.72 Å². The molecule has 1 amide bonds. The number of anilines is 1. The van der Waals surface area contributed by atoms with Crippen molar-refractivity contribution in [1.82, 2.24) is 0 Å². The lowest BCUT2D eigenvalue weighted by molar-refractivity contribution is 0.0399. The fourth-order valence-corrected chi connectivity index (χ4v) is 1.68. The second kappa shape index (κ2) is 7.47. The number of hydrogen-bond donors (Lipinski definition) is 3. The van der Waals surface area contributed by atoms with Gasteiger partial charge in [-0.1, -0.05) is 24.3 Å². The number of ether oxygens (including phenoxy) is 2. The molecule has 0 spiro atoms. The maximum absolute atomic E-state index is 9.37. The van der Waals surface area contributed by atoms with Gasteiger partial charge < -0.3 is 20.9 Å². The van der Waals surface area contributed by atoms with Gasteiger partial charge in [0.25, 0.3) is 0 Å². The lowest BCUT2D eigenvalue weighted by atomic mass is 9.95. The van der Waals surface area contributed by atoms with Crippen LogP contribution in [0.1, 0.15) is 12.0 Å². The van der Waals surface area contributed by atoms with Crippen LogP contribution in [-0.2, 0) is 9.47 Å². The van der Waals surface area contributed by atoms with Crippen molar-refractivity contribution < 1.29 is 14.3 Å². The van der Waals surface area contributed by atoms with Gasteiger partial charge in [0.15, 0.2) is 0 Å². The number of allylic oxidation sites excluding steroid dienone is 2. The van der Waals surface area contributed by atoms with E-state index >= 15 is 0 Å². The van der Waals surface area contributed by atoms with Gasteiger partial charge in [-0.25, -0.2) is 4.79 Å². The van der Waals surface area contributed by atoms with E-state index in [1.54, 1.807) is 7.11 Å². The van der Waals surface area contributed by atoms with E-state index in [2.05, 4.69) is 16.5 Å². The number of carbonyl (C=O) groups is 1. The van der Waals surface area contributed by atoms with Crippen molar-refractivity contribution in [3.63, 3.8) is 0 Å². The summed E-state index contributed by atoms with van der Waals surface area (Å²) in [5, 5.41) is 0. The number of methoxy groups -OCH3 is 2. The van der Waals surface area contributed by atoms with E-state index in [-0.39, 0.29) is 0 Å². The zero-order valence-corrected chi connectivity index (χ0v) is 12.2. The van der Waals surface area contributed by atoms with E-state index in [0.717, 1.165) is 16.8 Å². The van der Waals surface area contributed by atoms with Crippen LogP contribution in [0.15, 0.2) is 42.5 Å². The molecule has 0 aliphatic heterocycles. The van der Waals surface area contributed by atoms with E-state index in [9.17, 15) is 4.79 Å². The molecule has 114 valence electrons. The number of carbonyl (C=O) groups excluding carboxylic acids is 1. The third-order valence-electron chi connectivity index (χ3n) is 3.01. The minimum Gasteiger partial charge on any atom is -0.453 e. The molecule has 0 aromatic heterocycles. The van der Waals surface area contributed by atoms with Crippen molar-refractivity contribution in [2.75, 3.05) is 20.0 Å². The molecule has 1 unspecified atom stereocenters. The summed E-state index contributed by atoms with van der Waals surface area (Å²) in [5.41, 5.74) is 18.4. The Balaban J connectivity index is 0.000000383. The highest BCUT2D eigenvalue weighted by molar-refractivity contribution is 5.76. The van der Waals surface area contributed by atoms with Gasteiger partial charge in [0.05, 0.1) is 7.11 Å². The molecule has 6 nitrogen and oxygen atoms in total. The topological polar surface area (TPSA) is 114 Å². The summed E-state index contributed by atoms with van der Waals surface area (Å²) in [6.45, 7) is 0. The molecule has 0 fully saturated rings. The molecule has 1 aromatic carbocycles. The molecule has 0 saturated heterocycles. The molecule has 0 heterocycles. The highest BCUT2D eigenvalue weighted by atomic mass is 16.5. The van der Waals surface area contributed by atoms with Crippen molar-refractivity contribution in [3.8, 4) is 0 Å². The van der Waals surface area contributed by atoms with E-state index < -0.39 is 11.8 Å². The number of benzene rings is 1.